The van der Waals surface area contributed by atoms with Crippen molar-refractivity contribution in [3.8, 4) is 17.2 Å². The first kappa shape index (κ1) is 21.2. The molecule has 1 aromatic rings. The molecule has 0 radical (unpaired) electrons. The fourth-order valence-corrected chi connectivity index (χ4v) is 2.77. The van der Waals surface area contributed by atoms with Gasteiger partial charge < -0.3 is 29.6 Å². The molecule has 2 N–H and O–H groups in total. The monoisotopic (exact) mass is 379 g/mol. The van der Waals surface area contributed by atoms with Crippen molar-refractivity contribution in [2.24, 2.45) is 10.9 Å². The topological polar surface area (TPSA) is 73.3 Å². The molecular weight excluding hydrogens is 346 g/mol. The van der Waals surface area contributed by atoms with Gasteiger partial charge in [-0.25, -0.2) is 0 Å². The van der Waals surface area contributed by atoms with Gasteiger partial charge in [0, 0.05) is 51.0 Å². The van der Waals surface area contributed by atoms with Crippen molar-refractivity contribution < 1.29 is 18.9 Å². The zero-order valence-electron chi connectivity index (χ0n) is 17.0. The molecule has 1 aliphatic carbocycles. The minimum atomic E-state index is 0.705. The van der Waals surface area contributed by atoms with Crippen molar-refractivity contribution >= 4 is 5.96 Å². The second kappa shape index (κ2) is 11.5. The molecular formula is C20H33N3O4. The molecule has 7 heteroatoms. The van der Waals surface area contributed by atoms with Crippen LogP contribution in [-0.2, 0) is 11.2 Å². The summed E-state index contributed by atoms with van der Waals surface area (Å²) >= 11 is 0. The zero-order valence-corrected chi connectivity index (χ0v) is 17.0. The Morgan fingerprint density at radius 3 is 2.26 bits per heavy atom. The Kier molecular flexibility index (Phi) is 9.04. The Hall–Kier alpha value is -2.15. The molecule has 27 heavy (non-hydrogen) atoms. The van der Waals surface area contributed by atoms with Gasteiger partial charge in [-0.1, -0.05) is 0 Å². The maximum atomic E-state index is 5.64. The van der Waals surface area contributed by atoms with E-state index in [1.165, 1.54) is 12.8 Å². The predicted octanol–water partition coefficient (Wildman–Crippen LogP) is 2.24. The number of nitrogens with one attached hydrogen (secondary N) is 2. The molecule has 0 aliphatic heterocycles. The van der Waals surface area contributed by atoms with Gasteiger partial charge in [0.05, 0.1) is 21.3 Å². The fourth-order valence-electron chi connectivity index (χ4n) is 2.77. The molecule has 1 fully saturated rings. The predicted molar refractivity (Wildman–Crippen MR) is 107 cm³/mol. The van der Waals surface area contributed by atoms with Gasteiger partial charge in [0.1, 0.15) is 17.2 Å². The van der Waals surface area contributed by atoms with Crippen LogP contribution in [0.1, 0.15) is 24.8 Å². The average molecular weight is 380 g/mol. The van der Waals surface area contributed by atoms with Crippen LogP contribution in [0.15, 0.2) is 17.1 Å². The van der Waals surface area contributed by atoms with Crippen LogP contribution in [0.3, 0.4) is 0 Å². The van der Waals surface area contributed by atoms with Gasteiger partial charge in [-0.15, -0.1) is 0 Å². The highest BCUT2D eigenvalue weighted by Gasteiger charge is 2.20. The number of aliphatic imine (C=N–C) groups is 1. The third kappa shape index (κ3) is 7.17. The van der Waals surface area contributed by atoms with E-state index in [1.54, 1.807) is 28.4 Å². The summed E-state index contributed by atoms with van der Waals surface area (Å²) in [5.74, 6) is 3.82. The van der Waals surface area contributed by atoms with Crippen molar-refractivity contribution in [3.63, 3.8) is 0 Å². The highest BCUT2D eigenvalue weighted by molar-refractivity contribution is 5.79. The molecule has 0 aromatic heterocycles. The van der Waals surface area contributed by atoms with Crippen LogP contribution in [0.2, 0.25) is 0 Å². The number of methoxy groups -OCH3 is 3. The maximum absolute atomic E-state index is 5.64. The Balaban J connectivity index is 1.74. The quantitative estimate of drug-likeness (QED) is 0.330. The Morgan fingerprint density at radius 2 is 1.70 bits per heavy atom. The van der Waals surface area contributed by atoms with Crippen LogP contribution in [0.25, 0.3) is 0 Å². The Morgan fingerprint density at radius 1 is 1.04 bits per heavy atom. The molecule has 0 amide bonds. The largest absolute Gasteiger partial charge is 0.496 e. The highest BCUT2D eigenvalue weighted by atomic mass is 16.5. The number of benzene rings is 1. The van der Waals surface area contributed by atoms with Crippen LogP contribution in [0, 0.1) is 5.92 Å². The third-order valence-corrected chi connectivity index (χ3v) is 4.52. The van der Waals surface area contributed by atoms with E-state index in [1.807, 2.05) is 12.1 Å². The molecule has 1 aromatic carbocycles. The second-order valence-electron chi connectivity index (χ2n) is 6.56. The summed E-state index contributed by atoms with van der Waals surface area (Å²) in [6, 6.07) is 3.74. The molecule has 0 spiro atoms. The van der Waals surface area contributed by atoms with Crippen LogP contribution >= 0.6 is 0 Å². The van der Waals surface area contributed by atoms with E-state index in [2.05, 4.69) is 15.6 Å². The van der Waals surface area contributed by atoms with E-state index in [-0.39, 0.29) is 0 Å². The number of nitrogens with zero attached hydrogens (tertiary/aromatic N) is 1. The smallest absolute Gasteiger partial charge is 0.190 e. The maximum Gasteiger partial charge on any atom is 0.190 e. The first-order chi connectivity index (χ1) is 13.2. The summed E-state index contributed by atoms with van der Waals surface area (Å²) < 4.78 is 21.9. The van der Waals surface area contributed by atoms with Gasteiger partial charge in [-0.2, -0.15) is 0 Å². The van der Waals surface area contributed by atoms with E-state index in [9.17, 15) is 0 Å². The van der Waals surface area contributed by atoms with Crippen molar-refractivity contribution in [3.05, 3.63) is 17.7 Å². The number of ether oxygens (including phenoxy) is 4. The van der Waals surface area contributed by atoms with Gasteiger partial charge >= 0.3 is 0 Å². The molecule has 0 unspecified atom stereocenters. The molecule has 1 aliphatic rings. The number of hydrogen-bond acceptors (Lipinski definition) is 5. The van der Waals surface area contributed by atoms with Crippen molar-refractivity contribution in [1.29, 1.82) is 0 Å². The summed E-state index contributed by atoms with van der Waals surface area (Å²) in [6.07, 6.45) is 4.37. The van der Waals surface area contributed by atoms with E-state index < -0.39 is 0 Å². The summed E-state index contributed by atoms with van der Waals surface area (Å²) in [5, 5.41) is 6.64. The lowest BCUT2D eigenvalue weighted by atomic mass is 10.1. The van der Waals surface area contributed by atoms with Gasteiger partial charge in [0.2, 0.25) is 0 Å². The van der Waals surface area contributed by atoms with Crippen LogP contribution in [0.4, 0.5) is 0 Å². The number of rotatable bonds is 12. The van der Waals surface area contributed by atoms with Gasteiger partial charge in [-0.05, 0) is 31.6 Å². The first-order valence-electron chi connectivity index (χ1n) is 9.53. The molecule has 0 bridgehead atoms. The Bertz CT molecular complexity index is 578. The molecule has 1 saturated carbocycles. The molecule has 2 rings (SSSR count). The van der Waals surface area contributed by atoms with Crippen LogP contribution < -0.4 is 24.8 Å². The van der Waals surface area contributed by atoms with E-state index in [0.717, 1.165) is 61.5 Å². The van der Waals surface area contributed by atoms with Crippen LogP contribution in [0.5, 0.6) is 17.2 Å². The minimum Gasteiger partial charge on any atom is -0.496 e. The second-order valence-corrected chi connectivity index (χ2v) is 6.56. The van der Waals surface area contributed by atoms with Gasteiger partial charge in [-0.3, -0.25) is 4.99 Å². The molecule has 0 saturated heterocycles. The summed E-state index contributed by atoms with van der Waals surface area (Å²) in [5.41, 5.74) is 0.997. The number of guanidine groups is 1. The first-order valence-corrected chi connectivity index (χ1v) is 9.53. The summed E-state index contributed by atoms with van der Waals surface area (Å²) in [7, 11) is 6.70. The third-order valence-electron chi connectivity index (χ3n) is 4.52. The minimum absolute atomic E-state index is 0.705. The summed E-state index contributed by atoms with van der Waals surface area (Å²) in [4.78, 5) is 4.26. The Labute approximate surface area is 162 Å². The molecule has 0 heterocycles. The van der Waals surface area contributed by atoms with Gasteiger partial charge in [0.25, 0.3) is 0 Å². The van der Waals surface area contributed by atoms with Crippen molar-refractivity contribution in [1.82, 2.24) is 10.6 Å². The zero-order chi connectivity index (χ0) is 19.5. The van der Waals surface area contributed by atoms with Gasteiger partial charge in [0.15, 0.2) is 5.96 Å². The normalized spacial score (nSPS) is 14.0. The average Bonchev–Trinajstić information content (AvgIpc) is 3.53. The van der Waals surface area contributed by atoms with E-state index >= 15 is 0 Å². The molecule has 0 atom stereocenters. The van der Waals surface area contributed by atoms with E-state index in [4.69, 9.17) is 18.9 Å². The van der Waals surface area contributed by atoms with Crippen molar-refractivity contribution in [2.75, 3.05) is 54.7 Å². The molecule has 152 valence electrons. The summed E-state index contributed by atoms with van der Waals surface area (Å²) in [6.45, 7) is 3.25. The lowest BCUT2D eigenvalue weighted by Gasteiger charge is -2.16. The van der Waals surface area contributed by atoms with Crippen LogP contribution in [-0.4, -0.2) is 60.6 Å². The molecule has 7 nitrogen and oxygen atoms in total. The van der Waals surface area contributed by atoms with Crippen molar-refractivity contribution in [2.45, 2.75) is 25.7 Å². The standard InChI is InChI=1S/C20H33N3O4/c1-21-20(22-9-5-11-27-14-15-6-7-15)23-10-8-17-18(25-3)12-16(24-2)13-19(17)26-4/h12-13,15H,5-11,14H2,1-4H3,(H2,21,22,23). The lowest BCUT2D eigenvalue weighted by molar-refractivity contribution is 0.123. The highest BCUT2D eigenvalue weighted by Crippen LogP contribution is 2.34. The SMILES string of the molecule is CN=C(NCCCOCC1CC1)NCCc1c(OC)cc(OC)cc1OC. The fraction of sp³-hybridized carbons (Fsp3) is 0.650. The van der Waals surface area contributed by atoms with E-state index in [0.29, 0.717) is 12.3 Å². The number of hydrogen-bond donors (Lipinski definition) is 2. The lowest BCUT2D eigenvalue weighted by Crippen LogP contribution is -2.39.